The van der Waals surface area contributed by atoms with E-state index in [-0.39, 0.29) is 11.6 Å². The van der Waals surface area contributed by atoms with E-state index >= 15 is 0 Å². The van der Waals surface area contributed by atoms with Crippen molar-refractivity contribution in [3.63, 3.8) is 0 Å². The van der Waals surface area contributed by atoms with Gasteiger partial charge in [-0.1, -0.05) is 23.7 Å². The van der Waals surface area contributed by atoms with E-state index in [4.69, 9.17) is 16.3 Å². The van der Waals surface area contributed by atoms with Gasteiger partial charge in [-0.15, -0.1) is 0 Å². The number of rotatable bonds is 6. The number of benzene rings is 2. The topological polar surface area (TPSA) is 76.1 Å². The number of hydrazine groups is 1. The van der Waals surface area contributed by atoms with E-state index in [2.05, 4.69) is 20.8 Å². The lowest BCUT2D eigenvalue weighted by Crippen LogP contribution is -2.37. The fourth-order valence-corrected chi connectivity index (χ4v) is 2.40. The second-order valence-corrected chi connectivity index (χ2v) is 5.89. The number of carbonyl (C=O) groups excluding carboxylic acids is 1. The molecule has 0 spiro atoms. The van der Waals surface area contributed by atoms with Crippen molar-refractivity contribution >= 4 is 17.5 Å². The molecule has 1 aromatic heterocycles. The fraction of sp³-hybridized carbons (Fsp3) is 0.105. The molecule has 7 heteroatoms. The zero-order chi connectivity index (χ0) is 18.4. The van der Waals surface area contributed by atoms with Crippen molar-refractivity contribution in [2.75, 3.05) is 7.11 Å². The lowest BCUT2D eigenvalue weighted by atomic mass is 10.1. The number of methoxy groups -OCH3 is 1. The molecule has 0 aliphatic carbocycles. The smallest absolute Gasteiger partial charge is 0.285 e. The second-order valence-electron chi connectivity index (χ2n) is 5.45. The molecule has 1 heterocycles. The minimum Gasteiger partial charge on any atom is -0.497 e. The lowest BCUT2D eigenvalue weighted by molar-refractivity contribution is 0.0927. The van der Waals surface area contributed by atoms with Crippen molar-refractivity contribution < 1.29 is 9.53 Å². The van der Waals surface area contributed by atoms with E-state index in [1.807, 2.05) is 36.4 Å². The van der Waals surface area contributed by atoms with Gasteiger partial charge in [-0.25, -0.2) is 10.4 Å². The molecular formula is C19H17ClN4O2. The summed E-state index contributed by atoms with van der Waals surface area (Å²) in [5.74, 6) is 0.392. The van der Waals surface area contributed by atoms with Gasteiger partial charge in [0.2, 0.25) is 0 Å². The molecule has 1 amide bonds. The average Bonchev–Trinajstić information content (AvgIpc) is 2.69. The maximum Gasteiger partial charge on any atom is 0.285 e. The predicted molar refractivity (Wildman–Crippen MR) is 99.8 cm³/mol. The van der Waals surface area contributed by atoms with Crippen molar-refractivity contribution in [1.29, 1.82) is 0 Å². The summed E-state index contributed by atoms with van der Waals surface area (Å²) in [6.07, 6.45) is 3.03. The third-order valence-corrected chi connectivity index (χ3v) is 3.91. The van der Waals surface area contributed by atoms with E-state index < -0.39 is 0 Å². The van der Waals surface area contributed by atoms with Crippen molar-refractivity contribution in [3.05, 3.63) is 77.2 Å². The molecule has 0 atom stereocenters. The SMILES string of the molecule is COc1ccc(-c2cncc(C(=O)NNCc3ccc(Cl)cc3)n2)cc1. The maximum absolute atomic E-state index is 12.3. The third-order valence-electron chi connectivity index (χ3n) is 3.66. The van der Waals surface area contributed by atoms with Gasteiger partial charge in [0.15, 0.2) is 0 Å². The average molecular weight is 369 g/mol. The Morgan fingerprint density at radius 1 is 1.08 bits per heavy atom. The molecule has 0 fully saturated rings. The zero-order valence-electron chi connectivity index (χ0n) is 14.1. The minimum atomic E-state index is -0.359. The van der Waals surface area contributed by atoms with Gasteiger partial charge in [-0.2, -0.15) is 0 Å². The predicted octanol–water partition coefficient (Wildman–Crippen LogP) is 3.24. The Bertz CT molecular complexity index is 883. The van der Waals surface area contributed by atoms with Crippen molar-refractivity contribution in [2.45, 2.75) is 6.54 Å². The summed E-state index contributed by atoms with van der Waals surface area (Å²) < 4.78 is 5.14. The number of nitrogens with one attached hydrogen (secondary N) is 2. The molecular weight excluding hydrogens is 352 g/mol. The largest absolute Gasteiger partial charge is 0.497 e. The molecule has 2 N–H and O–H groups in total. The van der Waals surface area contributed by atoms with Crippen LogP contribution in [-0.4, -0.2) is 23.0 Å². The number of carbonyl (C=O) groups is 1. The van der Waals surface area contributed by atoms with Crippen LogP contribution in [0.2, 0.25) is 5.02 Å². The molecule has 0 unspecified atom stereocenters. The first-order chi connectivity index (χ1) is 12.7. The van der Waals surface area contributed by atoms with E-state index in [0.29, 0.717) is 17.3 Å². The molecule has 2 aromatic carbocycles. The van der Waals surface area contributed by atoms with Gasteiger partial charge >= 0.3 is 0 Å². The van der Waals surface area contributed by atoms with E-state index in [9.17, 15) is 4.79 Å². The van der Waals surface area contributed by atoms with Crippen LogP contribution < -0.4 is 15.6 Å². The highest BCUT2D eigenvalue weighted by molar-refractivity contribution is 6.30. The monoisotopic (exact) mass is 368 g/mol. The molecule has 26 heavy (non-hydrogen) atoms. The van der Waals surface area contributed by atoms with Crippen LogP contribution in [0.1, 0.15) is 16.1 Å². The summed E-state index contributed by atoms with van der Waals surface area (Å²) in [6.45, 7) is 0.467. The Morgan fingerprint density at radius 3 is 2.50 bits per heavy atom. The molecule has 132 valence electrons. The highest BCUT2D eigenvalue weighted by Crippen LogP contribution is 2.20. The molecule has 6 nitrogen and oxygen atoms in total. The van der Waals surface area contributed by atoms with E-state index in [1.54, 1.807) is 25.4 Å². The molecule has 0 saturated carbocycles. The van der Waals surface area contributed by atoms with Gasteiger partial charge in [0.1, 0.15) is 11.4 Å². The maximum atomic E-state index is 12.3. The summed E-state index contributed by atoms with van der Waals surface area (Å²) in [7, 11) is 1.61. The van der Waals surface area contributed by atoms with Gasteiger partial charge in [-0.05, 0) is 42.0 Å². The standard InChI is InChI=1S/C19H17ClN4O2/c1-26-16-8-4-14(5-9-16)17-11-21-12-18(23-17)19(25)24-22-10-13-2-6-15(20)7-3-13/h2-9,11-12,22H,10H2,1H3,(H,24,25). The normalized spacial score (nSPS) is 10.4. The minimum absolute atomic E-state index is 0.224. The van der Waals surface area contributed by atoms with Crippen LogP contribution >= 0.6 is 11.6 Å². The van der Waals surface area contributed by atoms with Gasteiger partial charge in [-0.3, -0.25) is 15.2 Å². The van der Waals surface area contributed by atoms with Crippen molar-refractivity contribution in [1.82, 2.24) is 20.8 Å². The van der Waals surface area contributed by atoms with Crippen LogP contribution in [0.3, 0.4) is 0 Å². The molecule has 0 aliphatic heterocycles. The van der Waals surface area contributed by atoms with Crippen LogP contribution in [-0.2, 0) is 6.54 Å². The van der Waals surface area contributed by atoms with Gasteiger partial charge < -0.3 is 4.74 Å². The summed E-state index contributed by atoms with van der Waals surface area (Å²) in [6, 6.07) is 14.7. The van der Waals surface area contributed by atoms with Crippen molar-refractivity contribution in [2.24, 2.45) is 0 Å². The lowest BCUT2D eigenvalue weighted by Gasteiger charge is -2.08. The number of ether oxygens (including phenoxy) is 1. The Hall–Kier alpha value is -2.96. The van der Waals surface area contributed by atoms with Crippen LogP contribution in [0.5, 0.6) is 5.75 Å². The second kappa shape index (κ2) is 8.42. The Kier molecular flexibility index (Phi) is 5.78. The molecule has 0 aliphatic rings. The molecule has 0 radical (unpaired) electrons. The number of amides is 1. The number of hydrogen-bond acceptors (Lipinski definition) is 5. The van der Waals surface area contributed by atoms with Crippen LogP contribution in [0.4, 0.5) is 0 Å². The molecule has 3 aromatic rings. The van der Waals surface area contributed by atoms with Crippen LogP contribution in [0.25, 0.3) is 11.3 Å². The van der Waals surface area contributed by atoms with Crippen molar-refractivity contribution in [3.8, 4) is 17.0 Å². The first-order valence-corrected chi connectivity index (χ1v) is 8.27. The molecule has 0 bridgehead atoms. The summed E-state index contributed by atoms with van der Waals surface area (Å²) in [4.78, 5) is 20.7. The number of nitrogens with zero attached hydrogens (tertiary/aromatic N) is 2. The van der Waals surface area contributed by atoms with Crippen LogP contribution in [0, 0.1) is 0 Å². The first kappa shape index (κ1) is 17.8. The third kappa shape index (κ3) is 4.56. The summed E-state index contributed by atoms with van der Waals surface area (Å²) in [5.41, 5.74) is 8.16. The number of halogens is 1. The summed E-state index contributed by atoms with van der Waals surface area (Å²) >= 11 is 5.85. The number of aromatic nitrogens is 2. The van der Waals surface area contributed by atoms with Gasteiger partial charge in [0, 0.05) is 17.1 Å². The molecule has 0 saturated heterocycles. The highest BCUT2D eigenvalue weighted by atomic mass is 35.5. The Morgan fingerprint density at radius 2 is 1.81 bits per heavy atom. The summed E-state index contributed by atoms with van der Waals surface area (Å²) in [5, 5.41) is 0.670. The van der Waals surface area contributed by atoms with E-state index in [1.165, 1.54) is 6.20 Å². The molecule has 3 rings (SSSR count). The Balaban J connectivity index is 1.63. The fourth-order valence-electron chi connectivity index (χ4n) is 2.27. The quantitative estimate of drug-likeness (QED) is 0.653. The van der Waals surface area contributed by atoms with Crippen LogP contribution in [0.15, 0.2) is 60.9 Å². The van der Waals surface area contributed by atoms with E-state index in [0.717, 1.165) is 16.9 Å². The zero-order valence-corrected chi connectivity index (χ0v) is 14.8. The number of hydrogen-bond donors (Lipinski definition) is 2. The van der Waals surface area contributed by atoms with Gasteiger partial charge in [0.25, 0.3) is 5.91 Å². The highest BCUT2D eigenvalue weighted by Gasteiger charge is 2.09. The van der Waals surface area contributed by atoms with Gasteiger partial charge in [0.05, 0.1) is 25.2 Å². The Labute approximate surface area is 156 Å². The first-order valence-electron chi connectivity index (χ1n) is 7.90.